The minimum absolute atomic E-state index is 0.139. The average molecular weight is 389 g/mol. The van der Waals surface area contributed by atoms with Crippen molar-refractivity contribution in [2.24, 2.45) is 0 Å². The highest BCUT2D eigenvalue weighted by Crippen LogP contribution is 2.34. The maximum Gasteiger partial charge on any atom is 0.257 e. The van der Waals surface area contributed by atoms with Crippen LogP contribution >= 0.6 is 11.1 Å². The zero-order valence-corrected chi connectivity index (χ0v) is 15.8. The lowest BCUT2D eigenvalue weighted by Gasteiger charge is -2.14. The zero-order valence-electron chi connectivity index (χ0n) is 15.0. The predicted molar refractivity (Wildman–Crippen MR) is 101 cm³/mol. The molecule has 2 heterocycles. The average Bonchev–Trinajstić information content (AvgIpc) is 3.26. The highest BCUT2D eigenvalue weighted by molar-refractivity contribution is 7.14. The SMILES string of the molecule is C[C@@H](Nc1n[s+]([O-])nc1Nc1cccc(C(=O)N(C)C)c1O)c1ccco1. The van der Waals surface area contributed by atoms with Gasteiger partial charge in [0.1, 0.15) is 5.76 Å². The predicted octanol–water partition coefficient (Wildman–Crippen LogP) is 3.12. The Balaban J connectivity index is 1.86. The van der Waals surface area contributed by atoms with Crippen molar-refractivity contribution in [1.82, 2.24) is 13.6 Å². The van der Waals surface area contributed by atoms with Crippen LogP contribution in [0.15, 0.2) is 41.0 Å². The summed E-state index contributed by atoms with van der Waals surface area (Å²) in [5.41, 5.74) is 0.389. The van der Waals surface area contributed by atoms with E-state index < -0.39 is 11.1 Å². The Morgan fingerprint density at radius 2 is 2.00 bits per heavy atom. The molecule has 0 fully saturated rings. The highest BCUT2D eigenvalue weighted by atomic mass is 32.2. The van der Waals surface area contributed by atoms with Crippen LogP contribution in [-0.4, -0.2) is 43.3 Å². The van der Waals surface area contributed by atoms with Crippen LogP contribution in [0.1, 0.15) is 29.1 Å². The fourth-order valence-electron chi connectivity index (χ4n) is 2.44. The molecule has 0 saturated heterocycles. The molecule has 0 aliphatic rings. The van der Waals surface area contributed by atoms with E-state index in [1.165, 1.54) is 11.0 Å². The Bertz CT molecular complexity index is 939. The lowest BCUT2D eigenvalue weighted by atomic mass is 10.1. The Labute approximate surface area is 158 Å². The number of phenolic OH excluding ortho intramolecular Hbond substituents is 1. The Hall–Kier alpha value is -3.11. The summed E-state index contributed by atoms with van der Waals surface area (Å²) in [5.74, 6) is 0.565. The number of benzene rings is 1. The maximum absolute atomic E-state index is 12.2. The van der Waals surface area contributed by atoms with Crippen LogP contribution in [-0.2, 0) is 0 Å². The quantitative estimate of drug-likeness (QED) is 0.433. The summed E-state index contributed by atoms with van der Waals surface area (Å²) < 4.78 is 25.0. The van der Waals surface area contributed by atoms with E-state index in [1.54, 1.807) is 44.6 Å². The van der Waals surface area contributed by atoms with Crippen LogP contribution in [0.5, 0.6) is 5.75 Å². The molecule has 0 bridgehead atoms. The van der Waals surface area contributed by atoms with Gasteiger partial charge in [0.15, 0.2) is 16.9 Å². The third-order valence-corrected chi connectivity index (χ3v) is 4.49. The number of carbonyl (C=O) groups excluding carboxylic acids is 1. The zero-order chi connectivity index (χ0) is 19.6. The summed E-state index contributed by atoms with van der Waals surface area (Å²) in [5, 5.41) is 16.4. The number of amides is 1. The number of hydrogen-bond donors (Lipinski definition) is 3. The number of nitrogens with one attached hydrogen (secondary N) is 2. The van der Waals surface area contributed by atoms with Gasteiger partial charge in [-0.1, -0.05) is 6.07 Å². The molecule has 2 atom stereocenters. The molecule has 142 valence electrons. The molecule has 27 heavy (non-hydrogen) atoms. The number of anilines is 3. The summed E-state index contributed by atoms with van der Waals surface area (Å²) >= 11 is -1.78. The molecule has 1 aromatic carbocycles. The van der Waals surface area contributed by atoms with Gasteiger partial charge in [0.2, 0.25) is 11.6 Å². The summed E-state index contributed by atoms with van der Waals surface area (Å²) in [7, 11) is 3.19. The second kappa shape index (κ2) is 7.64. The summed E-state index contributed by atoms with van der Waals surface area (Å²) in [6, 6.07) is 8.05. The Morgan fingerprint density at radius 3 is 2.67 bits per heavy atom. The third kappa shape index (κ3) is 4.01. The smallest absolute Gasteiger partial charge is 0.257 e. The summed E-state index contributed by atoms with van der Waals surface area (Å²) in [6.07, 6.45) is 1.56. The number of nitrogens with zero attached hydrogens (tertiary/aromatic N) is 3. The molecule has 1 unspecified atom stereocenters. The van der Waals surface area contributed by atoms with Crippen molar-refractivity contribution >= 4 is 34.4 Å². The fraction of sp³-hybridized carbons (Fsp3) is 0.235. The molecule has 9 nitrogen and oxygen atoms in total. The van der Waals surface area contributed by atoms with Crippen LogP contribution in [0.3, 0.4) is 0 Å². The van der Waals surface area contributed by atoms with Gasteiger partial charge >= 0.3 is 0 Å². The van der Waals surface area contributed by atoms with Crippen molar-refractivity contribution in [3.63, 3.8) is 0 Å². The molecular formula is C17H19N5O4S. The first-order valence-electron chi connectivity index (χ1n) is 8.07. The second-order valence-electron chi connectivity index (χ2n) is 6.02. The Morgan fingerprint density at radius 1 is 1.26 bits per heavy atom. The van der Waals surface area contributed by atoms with Crippen LogP contribution in [0, 0.1) is 0 Å². The topological polar surface area (TPSA) is 127 Å². The van der Waals surface area contributed by atoms with Crippen molar-refractivity contribution in [3.05, 3.63) is 47.9 Å². The lowest BCUT2D eigenvalue weighted by molar-refractivity contribution is 0.0824. The van der Waals surface area contributed by atoms with E-state index in [4.69, 9.17) is 4.42 Å². The molecule has 0 spiro atoms. The number of phenols is 1. The van der Waals surface area contributed by atoms with Crippen molar-refractivity contribution < 1.29 is 18.9 Å². The molecule has 0 radical (unpaired) electrons. The van der Waals surface area contributed by atoms with E-state index >= 15 is 0 Å². The standard InChI is InChI=1S/C17H19N5O4S/c1-10(13-8-5-9-26-13)18-15-16(21-27(25)20-15)19-12-7-4-6-11(14(12)23)17(24)22(2)3/h4-10,23H,1-3H3,(H,18,20)(H,19,21)/t10-,27?/m1/s1. The number of aromatic hydroxyl groups is 1. The molecule has 1 amide bonds. The number of para-hydroxylation sites is 1. The monoisotopic (exact) mass is 389 g/mol. The minimum Gasteiger partial charge on any atom is -0.546 e. The van der Waals surface area contributed by atoms with Crippen LogP contribution < -0.4 is 10.6 Å². The van der Waals surface area contributed by atoms with Gasteiger partial charge in [0, 0.05) is 22.8 Å². The van der Waals surface area contributed by atoms with Crippen molar-refractivity contribution in [2.45, 2.75) is 13.0 Å². The van der Waals surface area contributed by atoms with E-state index in [-0.39, 0.29) is 40.6 Å². The third-order valence-electron chi connectivity index (χ3n) is 3.81. The number of hydrogen-bond acceptors (Lipinski definition) is 8. The van der Waals surface area contributed by atoms with Gasteiger partial charge in [-0.05, 0) is 31.2 Å². The first-order valence-corrected chi connectivity index (χ1v) is 9.13. The van der Waals surface area contributed by atoms with Crippen molar-refractivity contribution in [3.8, 4) is 5.75 Å². The molecule has 10 heteroatoms. The number of carbonyl (C=O) groups is 1. The van der Waals surface area contributed by atoms with Crippen molar-refractivity contribution in [2.75, 3.05) is 24.7 Å². The van der Waals surface area contributed by atoms with E-state index in [0.29, 0.717) is 5.76 Å². The number of rotatable bonds is 6. The van der Waals surface area contributed by atoms with E-state index in [9.17, 15) is 14.5 Å². The van der Waals surface area contributed by atoms with Gasteiger partial charge in [0.05, 0.1) is 23.6 Å². The van der Waals surface area contributed by atoms with Crippen molar-refractivity contribution in [1.29, 1.82) is 0 Å². The molecule has 3 aromatic rings. The van der Waals surface area contributed by atoms with Gasteiger partial charge < -0.3 is 29.6 Å². The molecule has 0 aliphatic heterocycles. The van der Waals surface area contributed by atoms with Gasteiger partial charge in [-0.15, -0.1) is 0 Å². The number of aromatic nitrogens is 2. The molecular weight excluding hydrogens is 370 g/mol. The van der Waals surface area contributed by atoms with Gasteiger partial charge in [-0.25, -0.2) is 0 Å². The number of furan rings is 1. The summed E-state index contributed by atoms with van der Waals surface area (Å²) in [6.45, 7) is 1.86. The summed E-state index contributed by atoms with van der Waals surface area (Å²) in [4.78, 5) is 13.5. The van der Waals surface area contributed by atoms with E-state index in [2.05, 4.69) is 19.4 Å². The molecule has 3 N–H and O–H groups in total. The maximum atomic E-state index is 12.2. The van der Waals surface area contributed by atoms with Gasteiger partial charge in [-0.3, -0.25) is 4.79 Å². The van der Waals surface area contributed by atoms with E-state index in [1.807, 2.05) is 6.92 Å². The molecule has 2 aromatic heterocycles. The molecule has 3 rings (SSSR count). The highest BCUT2D eigenvalue weighted by Gasteiger charge is 2.22. The Kier molecular flexibility index (Phi) is 5.28. The van der Waals surface area contributed by atoms with Crippen LogP contribution in [0.2, 0.25) is 0 Å². The first-order chi connectivity index (χ1) is 12.9. The van der Waals surface area contributed by atoms with E-state index in [0.717, 1.165) is 0 Å². The normalized spacial score (nSPS) is 12.5. The van der Waals surface area contributed by atoms with Gasteiger partial charge in [-0.2, -0.15) is 0 Å². The van der Waals surface area contributed by atoms with Crippen LogP contribution in [0.25, 0.3) is 0 Å². The largest absolute Gasteiger partial charge is 0.546 e. The fourth-order valence-corrected chi connectivity index (χ4v) is 3.06. The molecule has 0 saturated carbocycles. The lowest BCUT2D eigenvalue weighted by Crippen LogP contribution is -2.21. The van der Waals surface area contributed by atoms with Gasteiger partial charge in [0.25, 0.3) is 5.91 Å². The van der Waals surface area contributed by atoms with Crippen LogP contribution in [0.4, 0.5) is 17.3 Å². The molecule has 0 aliphatic carbocycles. The minimum atomic E-state index is -1.78. The second-order valence-corrected chi connectivity index (χ2v) is 6.84. The first kappa shape index (κ1) is 18.7.